The van der Waals surface area contributed by atoms with Crippen molar-refractivity contribution in [1.82, 2.24) is 0 Å². The first-order valence-electron chi connectivity index (χ1n) is 5.10. The van der Waals surface area contributed by atoms with E-state index in [-0.39, 0.29) is 5.67 Å². The third-order valence-corrected chi connectivity index (χ3v) is 4.21. The van der Waals surface area contributed by atoms with E-state index < -0.39 is 9.28 Å². The van der Waals surface area contributed by atoms with Crippen LogP contribution in [0.5, 0.6) is 0 Å². The first kappa shape index (κ1) is 13.5. The lowest BCUT2D eigenvalue weighted by molar-refractivity contribution is 0.203. The Labute approximate surface area is 87.2 Å². The highest BCUT2D eigenvalue weighted by atomic mass is 28.3. The first-order valence-corrected chi connectivity index (χ1v) is 6.71. The van der Waals surface area contributed by atoms with Gasteiger partial charge in [0.05, 0.1) is 0 Å². The maximum atomic E-state index is 10.2. The zero-order valence-electron chi connectivity index (χ0n) is 9.16. The third kappa shape index (κ3) is 5.29. The van der Waals surface area contributed by atoms with Gasteiger partial charge in [0.25, 0.3) is 0 Å². The minimum absolute atomic E-state index is 0.0857. The molecule has 5 heteroatoms. The minimum atomic E-state index is -1.81. The number of carbonyl (C=O) groups excluding carboxylic acids is 1. The first-order chi connectivity index (χ1) is 6.79. The molecule has 0 amide bonds. The van der Waals surface area contributed by atoms with E-state index >= 15 is 0 Å². The smallest absolute Gasteiger partial charge is 0.347 e. The van der Waals surface area contributed by atoms with Crippen LogP contribution < -0.4 is 0 Å². The maximum absolute atomic E-state index is 10.2. The van der Waals surface area contributed by atoms with E-state index in [2.05, 4.69) is 11.9 Å². The fourth-order valence-electron chi connectivity index (χ4n) is 1.22. The molecule has 0 bridgehead atoms. The summed E-state index contributed by atoms with van der Waals surface area (Å²) in [6, 6.07) is 0. The van der Waals surface area contributed by atoms with Gasteiger partial charge in [-0.3, -0.25) is 0 Å². The summed E-state index contributed by atoms with van der Waals surface area (Å²) in [5, 5.41) is 0. The molecule has 0 radical (unpaired) electrons. The Balaban J connectivity index is 4.27. The lowest BCUT2D eigenvalue weighted by Gasteiger charge is -2.19. The lowest BCUT2D eigenvalue weighted by atomic mass is 10.3. The molecular weight excluding hydrogens is 198 g/mol. The van der Waals surface area contributed by atoms with Crippen molar-refractivity contribution in [2.24, 2.45) is 4.99 Å². The second-order valence-corrected chi connectivity index (χ2v) is 5.03. The summed E-state index contributed by atoms with van der Waals surface area (Å²) < 4.78 is 11.0. The summed E-state index contributed by atoms with van der Waals surface area (Å²) >= 11 is 0. The van der Waals surface area contributed by atoms with Crippen molar-refractivity contribution in [2.45, 2.75) is 39.3 Å². The van der Waals surface area contributed by atoms with Gasteiger partial charge in [0.15, 0.2) is 0 Å². The highest BCUT2D eigenvalue weighted by Crippen LogP contribution is 2.08. The molecule has 0 fully saturated rings. The molecular formula is C9H19NO3Si. The summed E-state index contributed by atoms with van der Waals surface area (Å²) in [7, 11) is -1.81. The molecule has 1 unspecified atom stereocenters. The predicted molar refractivity (Wildman–Crippen MR) is 57.2 cm³/mol. The third-order valence-electron chi connectivity index (χ3n) is 1.78. The van der Waals surface area contributed by atoms with Crippen LogP contribution in [0.2, 0.25) is 0 Å². The Morgan fingerprint density at radius 3 is 2.21 bits per heavy atom. The van der Waals surface area contributed by atoms with E-state index in [9.17, 15) is 4.79 Å². The Morgan fingerprint density at radius 2 is 1.86 bits per heavy atom. The average Bonchev–Trinajstić information content (AvgIpc) is 2.17. The molecule has 0 rings (SSSR count). The van der Waals surface area contributed by atoms with Crippen molar-refractivity contribution in [3.05, 3.63) is 0 Å². The molecule has 0 aromatic carbocycles. The number of hydrogen-bond acceptors (Lipinski definition) is 4. The highest BCUT2D eigenvalue weighted by molar-refractivity contribution is 6.46. The molecule has 82 valence electrons. The van der Waals surface area contributed by atoms with Crippen LogP contribution in [0.15, 0.2) is 4.99 Å². The molecule has 0 heterocycles. The van der Waals surface area contributed by atoms with Crippen LogP contribution in [0.25, 0.3) is 0 Å². The Kier molecular flexibility index (Phi) is 8.77. The average molecular weight is 217 g/mol. The minimum Gasteiger partial charge on any atom is -0.396 e. The molecule has 0 saturated heterocycles. The van der Waals surface area contributed by atoms with Crippen LogP contribution in [0, 0.1) is 0 Å². The number of nitrogens with zero attached hydrogens (tertiary/aromatic N) is 1. The second kappa shape index (κ2) is 9.09. The van der Waals surface area contributed by atoms with E-state index in [1.165, 1.54) is 0 Å². The number of hydrogen-bond donors (Lipinski definition) is 0. The number of aliphatic imine (C=N–C) groups is 1. The van der Waals surface area contributed by atoms with E-state index in [0.29, 0.717) is 13.2 Å². The van der Waals surface area contributed by atoms with Crippen LogP contribution in [0.4, 0.5) is 0 Å². The topological polar surface area (TPSA) is 47.9 Å². The van der Waals surface area contributed by atoms with E-state index in [1.54, 1.807) is 6.08 Å². The molecule has 0 aliphatic heterocycles. The van der Waals surface area contributed by atoms with Crippen molar-refractivity contribution >= 4 is 15.4 Å². The van der Waals surface area contributed by atoms with E-state index in [4.69, 9.17) is 8.85 Å². The predicted octanol–water partition coefficient (Wildman–Crippen LogP) is 1.32. The van der Waals surface area contributed by atoms with Gasteiger partial charge in [-0.1, -0.05) is 13.3 Å². The molecule has 4 nitrogen and oxygen atoms in total. The summed E-state index contributed by atoms with van der Waals surface area (Å²) in [5.74, 6) is 0. The van der Waals surface area contributed by atoms with Crippen LogP contribution in [0.1, 0.15) is 33.6 Å². The van der Waals surface area contributed by atoms with Crippen molar-refractivity contribution in [2.75, 3.05) is 13.2 Å². The monoisotopic (exact) mass is 217 g/mol. The molecule has 0 N–H and O–H groups in total. The normalized spacial score (nSPS) is 12.6. The van der Waals surface area contributed by atoms with Crippen molar-refractivity contribution in [1.29, 1.82) is 0 Å². The Bertz CT molecular complexity index is 177. The highest BCUT2D eigenvalue weighted by Gasteiger charge is 2.24. The SMILES string of the molecule is CCCC(N=C=O)[SiH](OCC)OCC. The van der Waals surface area contributed by atoms with Gasteiger partial charge in [-0.15, -0.1) is 0 Å². The largest absolute Gasteiger partial charge is 0.396 e. The van der Waals surface area contributed by atoms with Crippen LogP contribution in [-0.4, -0.2) is 34.2 Å². The van der Waals surface area contributed by atoms with Crippen molar-refractivity contribution in [3.63, 3.8) is 0 Å². The molecule has 0 aromatic heterocycles. The molecule has 0 aromatic rings. The maximum Gasteiger partial charge on any atom is 0.347 e. The number of rotatable bonds is 8. The summed E-state index contributed by atoms with van der Waals surface area (Å²) in [5.41, 5.74) is -0.0857. The van der Waals surface area contributed by atoms with Gasteiger partial charge in [0.2, 0.25) is 6.08 Å². The van der Waals surface area contributed by atoms with Crippen molar-refractivity contribution < 1.29 is 13.6 Å². The van der Waals surface area contributed by atoms with Gasteiger partial charge in [-0.25, -0.2) is 9.79 Å². The Hall–Kier alpha value is -0.483. The number of isocyanates is 1. The van der Waals surface area contributed by atoms with Crippen LogP contribution in [0.3, 0.4) is 0 Å². The van der Waals surface area contributed by atoms with Crippen molar-refractivity contribution in [3.8, 4) is 0 Å². The molecule has 0 spiro atoms. The van der Waals surface area contributed by atoms with Crippen LogP contribution >= 0.6 is 0 Å². The van der Waals surface area contributed by atoms with Gasteiger partial charge < -0.3 is 8.85 Å². The van der Waals surface area contributed by atoms with Gasteiger partial charge in [-0.2, -0.15) is 0 Å². The van der Waals surface area contributed by atoms with Gasteiger partial charge in [0, 0.05) is 13.2 Å². The van der Waals surface area contributed by atoms with Crippen LogP contribution in [-0.2, 0) is 13.6 Å². The van der Waals surface area contributed by atoms with Gasteiger partial charge in [-0.05, 0) is 20.3 Å². The fourth-order valence-corrected chi connectivity index (χ4v) is 3.21. The Morgan fingerprint density at radius 1 is 1.29 bits per heavy atom. The summed E-state index contributed by atoms with van der Waals surface area (Å²) in [4.78, 5) is 14.0. The molecule has 0 saturated carbocycles. The summed E-state index contributed by atoms with van der Waals surface area (Å²) in [6.45, 7) is 7.13. The molecule has 0 aliphatic carbocycles. The zero-order valence-corrected chi connectivity index (χ0v) is 10.3. The molecule has 14 heavy (non-hydrogen) atoms. The van der Waals surface area contributed by atoms with Gasteiger partial charge >= 0.3 is 9.28 Å². The standard InChI is InChI=1S/C9H19NO3Si/c1-4-7-9(10-8-11)14(12-5-2)13-6-3/h9,14H,4-7H2,1-3H3. The zero-order chi connectivity index (χ0) is 10.8. The van der Waals surface area contributed by atoms with E-state index in [0.717, 1.165) is 12.8 Å². The quantitative estimate of drug-likeness (QED) is 0.350. The molecule has 0 aliphatic rings. The summed E-state index contributed by atoms with van der Waals surface area (Å²) in [6.07, 6.45) is 3.41. The van der Waals surface area contributed by atoms with Gasteiger partial charge in [0.1, 0.15) is 5.67 Å². The lowest BCUT2D eigenvalue weighted by Crippen LogP contribution is -2.36. The second-order valence-electron chi connectivity index (χ2n) is 2.86. The molecule has 1 atom stereocenters. The fraction of sp³-hybridized carbons (Fsp3) is 0.889. The van der Waals surface area contributed by atoms with E-state index in [1.807, 2.05) is 13.8 Å².